The summed E-state index contributed by atoms with van der Waals surface area (Å²) in [4.78, 5) is 22.5. The summed E-state index contributed by atoms with van der Waals surface area (Å²) in [6.45, 7) is 2.98. The molecule has 34 heavy (non-hydrogen) atoms. The molecule has 1 aliphatic rings. The van der Waals surface area contributed by atoms with E-state index in [2.05, 4.69) is 21.4 Å². The summed E-state index contributed by atoms with van der Waals surface area (Å²) in [5, 5.41) is 14.0. The zero-order valence-corrected chi connectivity index (χ0v) is 19.0. The van der Waals surface area contributed by atoms with E-state index < -0.39 is 0 Å². The normalized spacial score (nSPS) is 18.3. The highest BCUT2D eigenvalue weighted by molar-refractivity contribution is 5.94. The minimum Gasteiger partial charge on any atom is -0.458 e. The van der Waals surface area contributed by atoms with Crippen molar-refractivity contribution in [1.82, 2.24) is 20.2 Å². The molecule has 2 heterocycles. The zero-order chi connectivity index (χ0) is 23.7. The van der Waals surface area contributed by atoms with Gasteiger partial charge >= 0.3 is 0 Å². The molecule has 2 unspecified atom stereocenters. The minimum atomic E-state index is -0.379. The molecule has 1 amide bonds. The van der Waals surface area contributed by atoms with E-state index in [-0.39, 0.29) is 29.6 Å². The smallest absolute Gasteiger partial charge is 0.289 e. The van der Waals surface area contributed by atoms with E-state index in [1.54, 1.807) is 6.07 Å². The minimum absolute atomic E-state index is 0.0693. The average Bonchev–Trinajstić information content (AvgIpc) is 3.44. The molecule has 2 atom stereocenters. The van der Waals surface area contributed by atoms with E-state index in [0.717, 1.165) is 31.1 Å². The third kappa shape index (κ3) is 4.15. The van der Waals surface area contributed by atoms with Crippen LogP contribution in [-0.4, -0.2) is 39.4 Å². The van der Waals surface area contributed by atoms with Crippen molar-refractivity contribution in [1.29, 1.82) is 5.26 Å². The van der Waals surface area contributed by atoms with Crippen LogP contribution in [-0.2, 0) is 6.54 Å². The molecule has 1 fully saturated rings. The number of furan rings is 1. The number of nitriles is 1. The summed E-state index contributed by atoms with van der Waals surface area (Å²) in [5.41, 5.74) is 2.37. The Bertz CT molecular complexity index is 1390. The van der Waals surface area contributed by atoms with Crippen LogP contribution in [0.15, 0.2) is 46.9 Å². The van der Waals surface area contributed by atoms with Gasteiger partial charge in [0.1, 0.15) is 28.8 Å². The number of carbonyl (C=O) groups is 1. The number of fused-ring (bicyclic) bond motifs is 2. The largest absolute Gasteiger partial charge is 0.458 e. The fraction of sp³-hybridized carbons (Fsp3) is 0.346. The molecule has 0 saturated heterocycles. The number of rotatable bonds is 6. The number of para-hydroxylation sites is 1. The molecule has 2 N–H and O–H groups in total. The first-order chi connectivity index (χ1) is 16.6. The second-order valence-electron chi connectivity index (χ2n) is 8.74. The van der Waals surface area contributed by atoms with Crippen LogP contribution in [0.2, 0.25) is 0 Å². The van der Waals surface area contributed by atoms with E-state index >= 15 is 0 Å². The number of imidazole rings is 1. The number of carbonyl (C=O) groups excluding carboxylic acids is 1. The average molecular weight is 460 g/mol. The Balaban J connectivity index is 1.28. The predicted molar refractivity (Wildman–Crippen MR) is 127 cm³/mol. The monoisotopic (exact) mass is 459 g/mol. The van der Waals surface area contributed by atoms with Gasteiger partial charge in [0, 0.05) is 30.1 Å². The van der Waals surface area contributed by atoms with Gasteiger partial charge in [0.25, 0.3) is 5.91 Å². The summed E-state index contributed by atoms with van der Waals surface area (Å²) < 4.78 is 19.4. The van der Waals surface area contributed by atoms with Gasteiger partial charge in [-0.15, -0.1) is 0 Å². The van der Waals surface area contributed by atoms with Gasteiger partial charge in [-0.2, -0.15) is 5.26 Å². The molecule has 2 aromatic carbocycles. The molecule has 2 aromatic heterocycles. The van der Waals surface area contributed by atoms with E-state index in [1.807, 2.05) is 36.1 Å². The first-order valence-corrected chi connectivity index (χ1v) is 11.7. The third-order valence-corrected chi connectivity index (χ3v) is 6.67. The van der Waals surface area contributed by atoms with Crippen LogP contribution in [0.25, 0.3) is 22.0 Å². The Hall–Kier alpha value is -3.70. The van der Waals surface area contributed by atoms with Crippen molar-refractivity contribution in [3.63, 3.8) is 0 Å². The lowest BCUT2D eigenvalue weighted by atomic mass is 9.89. The number of hydrogen-bond donors (Lipinski definition) is 2. The maximum atomic E-state index is 13.5. The van der Waals surface area contributed by atoms with Crippen molar-refractivity contribution in [3.05, 3.63) is 65.4 Å². The Kier molecular flexibility index (Phi) is 6.03. The molecule has 0 aliphatic heterocycles. The molecule has 7 nitrogen and oxygen atoms in total. The lowest BCUT2D eigenvalue weighted by Gasteiger charge is -2.37. The van der Waals surface area contributed by atoms with Gasteiger partial charge < -0.3 is 19.6 Å². The number of benzene rings is 2. The fourth-order valence-electron chi connectivity index (χ4n) is 5.00. The van der Waals surface area contributed by atoms with Gasteiger partial charge in [-0.1, -0.05) is 12.1 Å². The highest BCUT2D eigenvalue weighted by Gasteiger charge is 2.31. The summed E-state index contributed by atoms with van der Waals surface area (Å²) in [5.74, 6) is 0.326. The number of halogens is 1. The maximum Gasteiger partial charge on any atom is 0.289 e. The molecule has 1 aliphatic carbocycles. The Morgan fingerprint density at radius 1 is 1.32 bits per heavy atom. The number of nitrogens with zero attached hydrogens (tertiary/aromatic N) is 3. The van der Waals surface area contributed by atoms with Crippen LogP contribution in [0.4, 0.5) is 4.39 Å². The molecule has 0 spiro atoms. The topological polar surface area (TPSA) is 97.9 Å². The second kappa shape index (κ2) is 9.27. The van der Waals surface area contributed by atoms with Crippen LogP contribution in [0, 0.1) is 17.1 Å². The number of aromatic amines is 1. The van der Waals surface area contributed by atoms with Gasteiger partial charge in [-0.3, -0.25) is 4.79 Å². The molecule has 5 rings (SSSR count). The van der Waals surface area contributed by atoms with Crippen LogP contribution < -0.4 is 5.32 Å². The molecule has 1 saturated carbocycles. The number of H-pyrrole nitrogens is 1. The molecule has 0 radical (unpaired) electrons. The molecule has 0 bridgehead atoms. The van der Waals surface area contributed by atoms with Crippen molar-refractivity contribution in [3.8, 4) is 6.07 Å². The zero-order valence-electron chi connectivity index (χ0n) is 19.0. The van der Waals surface area contributed by atoms with Crippen molar-refractivity contribution in [2.45, 2.75) is 51.2 Å². The quantitative estimate of drug-likeness (QED) is 0.428. The first-order valence-electron chi connectivity index (χ1n) is 11.7. The van der Waals surface area contributed by atoms with Crippen molar-refractivity contribution in [2.75, 3.05) is 6.54 Å². The Morgan fingerprint density at radius 2 is 2.18 bits per heavy atom. The summed E-state index contributed by atoms with van der Waals surface area (Å²) in [6.07, 6.45) is 3.70. The number of aromatic nitrogens is 2. The maximum absolute atomic E-state index is 13.5. The lowest BCUT2D eigenvalue weighted by Crippen LogP contribution is -2.47. The van der Waals surface area contributed by atoms with Crippen LogP contribution >= 0.6 is 0 Å². The molecule has 174 valence electrons. The number of amides is 1. The highest BCUT2D eigenvalue weighted by Crippen LogP contribution is 2.28. The third-order valence-electron chi connectivity index (χ3n) is 6.67. The van der Waals surface area contributed by atoms with Crippen LogP contribution in [0.3, 0.4) is 0 Å². The van der Waals surface area contributed by atoms with Gasteiger partial charge in [-0.05, 0) is 56.9 Å². The van der Waals surface area contributed by atoms with Gasteiger partial charge in [0.15, 0.2) is 5.82 Å². The van der Waals surface area contributed by atoms with Crippen molar-refractivity contribution >= 4 is 27.9 Å². The second-order valence-corrected chi connectivity index (χ2v) is 8.74. The van der Waals surface area contributed by atoms with E-state index in [0.29, 0.717) is 41.0 Å². The molecular weight excluding hydrogens is 433 g/mol. The highest BCUT2D eigenvalue weighted by atomic mass is 19.1. The standard InChI is InChI=1S/C26H26FN5O2/c1-2-32(26(33)25-30-21-11-10-16(27)12-22(21)31-25)18-7-5-6-17(13-18)29-15-24-20(14-28)19-8-3-4-9-23(19)34-24/h3-4,8-12,17-18,29H,2,5-7,13,15H2,1H3,(H,30,31). The summed E-state index contributed by atoms with van der Waals surface area (Å²) in [6, 6.07) is 14.4. The first kappa shape index (κ1) is 22.1. The van der Waals surface area contributed by atoms with Crippen molar-refractivity contribution < 1.29 is 13.6 Å². The molecular formula is C26H26FN5O2. The summed E-state index contributed by atoms with van der Waals surface area (Å²) >= 11 is 0. The Labute approximate surface area is 196 Å². The van der Waals surface area contributed by atoms with E-state index in [4.69, 9.17) is 4.42 Å². The van der Waals surface area contributed by atoms with Gasteiger partial charge in [-0.25, -0.2) is 9.37 Å². The summed E-state index contributed by atoms with van der Waals surface area (Å²) in [7, 11) is 0. The predicted octanol–water partition coefficient (Wildman–Crippen LogP) is 4.88. The number of nitrogens with one attached hydrogen (secondary N) is 2. The number of hydrogen-bond acceptors (Lipinski definition) is 5. The van der Waals surface area contributed by atoms with Gasteiger partial charge in [0.05, 0.1) is 17.6 Å². The van der Waals surface area contributed by atoms with Crippen LogP contribution in [0.1, 0.15) is 54.5 Å². The SMILES string of the molecule is CCN(C(=O)c1nc2cc(F)ccc2[nH]1)C1CCCC(NCc2oc3ccccc3c2C#N)C1. The van der Waals surface area contributed by atoms with E-state index in [1.165, 1.54) is 12.1 Å². The van der Waals surface area contributed by atoms with Crippen LogP contribution in [0.5, 0.6) is 0 Å². The molecule has 8 heteroatoms. The van der Waals surface area contributed by atoms with Crippen molar-refractivity contribution in [2.24, 2.45) is 0 Å². The fourth-order valence-corrected chi connectivity index (χ4v) is 5.00. The van der Waals surface area contributed by atoms with Gasteiger partial charge in [0.2, 0.25) is 0 Å². The lowest BCUT2D eigenvalue weighted by molar-refractivity contribution is 0.0616. The van der Waals surface area contributed by atoms with E-state index in [9.17, 15) is 14.4 Å². The Morgan fingerprint density at radius 3 is 3.00 bits per heavy atom. The molecule has 4 aromatic rings.